The second-order valence-corrected chi connectivity index (χ2v) is 19.6. The molecular formula is C47H52N8O5S. The molecule has 4 fully saturated rings. The van der Waals surface area contributed by atoms with Crippen molar-refractivity contribution in [3.8, 4) is 27.4 Å². The summed E-state index contributed by atoms with van der Waals surface area (Å²) in [6.45, 7) is 12.0. The lowest BCUT2D eigenvalue weighted by Gasteiger charge is -2.59. The van der Waals surface area contributed by atoms with Crippen LogP contribution in [0.25, 0.3) is 32.7 Å². The minimum atomic E-state index is -0.804. The number of likely N-dealkylation sites (tertiary alicyclic amines) is 1. The Kier molecular flexibility index (Phi) is 9.59. The first-order chi connectivity index (χ1) is 29.3. The molecule has 4 atom stereocenters. The summed E-state index contributed by atoms with van der Waals surface area (Å²) < 4.78 is 8.43. The van der Waals surface area contributed by atoms with Crippen LogP contribution in [0.5, 0.6) is 5.75 Å². The zero-order valence-corrected chi connectivity index (χ0v) is 36.0. The number of β-amino-alcohol motifs (C(OH)–C–C–N with tert-alkyl or cyclic N) is 1. The van der Waals surface area contributed by atoms with Crippen molar-refractivity contribution < 1.29 is 24.3 Å². The van der Waals surface area contributed by atoms with Gasteiger partial charge in [-0.15, -0.1) is 21.5 Å². The number of nitrogens with zero attached hydrogens (tertiary/aromatic N) is 7. The molecule has 4 aromatic heterocycles. The maximum absolute atomic E-state index is 14.4. The predicted octanol–water partition coefficient (Wildman–Crippen LogP) is 7.70. The van der Waals surface area contributed by atoms with Crippen LogP contribution >= 0.6 is 11.3 Å². The summed E-state index contributed by atoms with van der Waals surface area (Å²) in [5, 5.41) is 38.0. The van der Waals surface area contributed by atoms with Gasteiger partial charge in [-0.2, -0.15) is 0 Å². The van der Waals surface area contributed by atoms with Crippen molar-refractivity contribution in [2.24, 2.45) is 11.3 Å². The van der Waals surface area contributed by atoms with E-state index in [9.17, 15) is 19.8 Å². The number of aromatic nitrogens is 5. The number of thiazole rings is 1. The molecule has 14 heteroatoms. The molecule has 2 aliphatic heterocycles. The zero-order valence-electron chi connectivity index (χ0n) is 35.2. The van der Waals surface area contributed by atoms with Gasteiger partial charge in [-0.25, -0.2) is 4.98 Å². The van der Waals surface area contributed by atoms with E-state index in [1.807, 2.05) is 81.7 Å². The Morgan fingerprint density at radius 3 is 2.44 bits per heavy atom. The highest BCUT2D eigenvalue weighted by atomic mass is 32.1. The van der Waals surface area contributed by atoms with E-state index in [0.717, 1.165) is 77.3 Å². The lowest BCUT2D eigenvalue weighted by molar-refractivity contribution is -0.141. The Morgan fingerprint density at radius 2 is 1.75 bits per heavy atom. The lowest BCUT2D eigenvalue weighted by atomic mass is 9.57. The average molecular weight is 841 g/mol. The number of hydrogen-bond donors (Lipinski definition) is 3. The number of para-hydroxylation sites is 1. The number of anilines is 1. The maximum Gasteiger partial charge on any atom is 0.243 e. The second-order valence-electron chi connectivity index (χ2n) is 18.7. The smallest absolute Gasteiger partial charge is 0.243 e. The monoisotopic (exact) mass is 840 g/mol. The molecule has 0 radical (unpaired) electrons. The predicted molar refractivity (Wildman–Crippen MR) is 233 cm³/mol. The lowest BCUT2D eigenvalue weighted by Crippen LogP contribution is -2.62. The van der Waals surface area contributed by atoms with Crippen LogP contribution in [0.3, 0.4) is 0 Å². The van der Waals surface area contributed by atoms with Crippen molar-refractivity contribution in [1.29, 1.82) is 0 Å². The number of carbonyl (C=O) groups excluding carboxylic acids is 2. The first kappa shape index (κ1) is 39.5. The Morgan fingerprint density at radius 1 is 1.00 bits per heavy atom. The molecule has 2 aliphatic carbocycles. The number of fused-ring (bicyclic) bond motifs is 1. The molecule has 13 nitrogen and oxygen atoms in total. The number of rotatable bonds is 11. The van der Waals surface area contributed by atoms with Gasteiger partial charge in [0.1, 0.15) is 23.2 Å². The van der Waals surface area contributed by atoms with E-state index in [1.54, 1.807) is 17.4 Å². The van der Waals surface area contributed by atoms with E-state index < -0.39 is 18.1 Å². The second kappa shape index (κ2) is 14.8. The molecule has 10 rings (SSSR count). The number of carbonyl (C=O) groups is 2. The number of aryl methyl sites for hydroxylation is 1. The Labute approximate surface area is 358 Å². The van der Waals surface area contributed by atoms with Gasteiger partial charge in [0.2, 0.25) is 11.8 Å². The molecule has 0 bridgehead atoms. The molecule has 4 aliphatic rings. The quantitative estimate of drug-likeness (QED) is 0.118. The summed E-state index contributed by atoms with van der Waals surface area (Å²) in [6, 6.07) is 20.4. The molecule has 2 saturated heterocycles. The van der Waals surface area contributed by atoms with Gasteiger partial charge >= 0.3 is 0 Å². The van der Waals surface area contributed by atoms with Crippen LogP contribution in [0.1, 0.15) is 100 Å². The minimum absolute atomic E-state index is 0.0521. The van der Waals surface area contributed by atoms with Gasteiger partial charge in [0.25, 0.3) is 0 Å². The number of phenolic OH excluding ortho intramolecular Hbond substituents is 1. The molecule has 2 saturated carbocycles. The normalized spacial score (nSPS) is 21.4. The number of hydrogen-bond acceptors (Lipinski definition) is 11. The first-order valence-corrected chi connectivity index (χ1v) is 22.4. The van der Waals surface area contributed by atoms with Crippen molar-refractivity contribution in [3.63, 3.8) is 0 Å². The van der Waals surface area contributed by atoms with Crippen LogP contribution < -0.4 is 10.2 Å². The van der Waals surface area contributed by atoms with Crippen LogP contribution in [0.15, 0.2) is 76.8 Å². The Balaban J connectivity index is 0.794. The molecule has 61 heavy (non-hydrogen) atoms. The third-order valence-corrected chi connectivity index (χ3v) is 14.8. The first-order valence-electron chi connectivity index (χ1n) is 21.5. The largest absolute Gasteiger partial charge is 0.507 e. The fraction of sp³-hybridized carbons (Fsp3) is 0.447. The van der Waals surface area contributed by atoms with Gasteiger partial charge in [0, 0.05) is 60.3 Å². The van der Waals surface area contributed by atoms with Crippen molar-refractivity contribution in [1.82, 2.24) is 35.1 Å². The SMILES string of the molecule is Cc1ncsc1-c1ccc([C@H](C)NC(=O)[C@@H]2C[C@@H](O)CN2C(=O)[C@@H](c2cc(N3CC4(CC(c5cc6nnc(-c7ccccc7O)cc6n5C5(C)CC5)C4)C3)no2)C(C)C)cc1. The summed E-state index contributed by atoms with van der Waals surface area (Å²) in [4.78, 5) is 37.4. The summed E-state index contributed by atoms with van der Waals surface area (Å²) in [5.74, 6) is 0.455. The molecule has 0 unspecified atom stereocenters. The summed E-state index contributed by atoms with van der Waals surface area (Å²) in [7, 11) is 0. The molecule has 316 valence electrons. The number of nitrogens with one attached hydrogen (secondary N) is 1. The number of phenols is 1. The van der Waals surface area contributed by atoms with Crippen molar-refractivity contribution in [2.45, 2.75) is 102 Å². The third kappa shape index (κ3) is 6.97. The molecule has 3 N–H and O–H groups in total. The molecule has 1 spiro atoms. The van der Waals surface area contributed by atoms with E-state index >= 15 is 0 Å². The topological polar surface area (TPSA) is 163 Å². The fourth-order valence-corrected chi connectivity index (χ4v) is 11.0. The molecule has 2 aromatic carbocycles. The molecule has 6 aromatic rings. The van der Waals surface area contributed by atoms with E-state index in [0.29, 0.717) is 22.9 Å². The Bertz CT molecular complexity index is 2630. The van der Waals surface area contributed by atoms with Gasteiger partial charge in [-0.05, 0) is 87.8 Å². The maximum atomic E-state index is 14.4. The summed E-state index contributed by atoms with van der Waals surface area (Å²) in [6.07, 6.45) is 3.72. The summed E-state index contributed by atoms with van der Waals surface area (Å²) >= 11 is 1.60. The van der Waals surface area contributed by atoms with Gasteiger partial charge in [-0.3, -0.25) is 9.59 Å². The fourth-order valence-electron chi connectivity index (χ4n) is 10.2. The number of aliphatic hydroxyl groups excluding tert-OH is 1. The molecule has 2 amide bonds. The van der Waals surface area contributed by atoms with Crippen LogP contribution in [0.4, 0.5) is 5.82 Å². The standard InChI is InChI=1S/C47H52N8O5S/c1-26(2)42(45(59)54-22-32(56)16-38(54)44(58)49-27(3)29-10-12-30(13-11-29)43-28(4)48-25-61-43)40-19-41(52-60-40)53-23-47(24-53)20-31(21-47)36-18-35-37(55(36)46(5)14-15-46)17-34(50-51-35)33-8-6-7-9-39(33)57/h6-13,17-19,25-27,31-32,38,42,56-57H,14-16,20-24H2,1-5H3,(H,49,58)/t27-,32+,38-,42+/m0/s1. The van der Waals surface area contributed by atoms with Crippen LogP contribution in [-0.2, 0) is 15.1 Å². The Hall–Kier alpha value is -5.60. The van der Waals surface area contributed by atoms with Crippen molar-refractivity contribution in [3.05, 3.63) is 95.0 Å². The van der Waals surface area contributed by atoms with Crippen LogP contribution in [0, 0.1) is 18.3 Å². The minimum Gasteiger partial charge on any atom is -0.507 e. The molecule has 6 heterocycles. The number of benzene rings is 2. The van der Waals surface area contributed by atoms with Crippen molar-refractivity contribution in [2.75, 3.05) is 24.5 Å². The van der Waals surface area contributed by atoms with E-state index in [1.165, 1.54) is 10.6 Å². The highest BCUT2D eigenvalue weighted by Gasteiger charge is 2.55. The number of aromatic hydroxyl groups is 1. The average Bonchev–Trinajstić information content (AvgIpc) is 3.66. The van der Waals surface area contributed by atoms with Crippen LogP contribution in [0.2, 0.25) is 0 Å². The third-order valence-electron chi connectivity index (χ3n) is 13.8. The summed E-state index contributed by atoms with van der Waals surface area (Å²) in [5.41, 5.74) is 9.70. The number of amides is 2. The van der Waals surface area contributed by atoms with E-state index in [4.69, 9.17) is 4.52 Å². The highest BCUT2D eigenvalue weighted by molar-refractivity contribution is 7.13. The van der Waals surface area contributed by atoms with Gasteiger partial charge in [0.15, 0.2) is 11.6 Å². The van der Waals surface area contributed by atoms with E-state index in [2.05, 4.69) is 54.2 Å². The highest BCUT2D eigenvalue weighted by Crippen LogP contribution is 2.59. The van der Waals surface area contributed by atoms with E-state index in [-0.39, 0.29) is 53.4 Å². The zero-order chi connectivity index (χ0) is 42.4. The number of aliphatic hydroxyl groups is 1. The van der Waals surface area contributed by atoms with Gasteiger partial charge < -0.3 is 34.4 Å². The van der Waals surface area contributed by atoms with Crippen LogP contribution in [-0.4, -0.2) is 83.6 Å². The van der Waals surface area contributed by atoms with Gasteiger partial charge in [-0.1, -0.05) is 55.4 Å². The van der Waals surface area contributed by atoms with Gasteiger partial charge in [0.05, 0.1) is 39.4 Å². The molecular weight excluding hydrogens is 789 g/mol. The van der Waals surface area contributed by atoms with Crippen molar-refractivity contribution >= 4 is 40.0 Å².